The molecule has 2 saturated carbocycles. The molecule has 2 aromatic rings. The van der Waals surface area contributed by atoms with Crippen LogP contribution in [-0.2, 0) is 24.7 Å². The van der Waals surface area contributed by atoms with Crippen molar-refractivity contribution in [2.24, 2.45) is 0 Å². The average Bonchev–Trinajstić information content (AvgIpc) is 3.03. The Morgan fingerprint density at radius 1 is 1.09 bits per heavy atom. The van der Waals surface area contributed by atoms with Crippen molar-refractivity contribution in [2.45, 2.75) is 101 Å². The van der Waals surface area contributed by atoms with Crippen molar-refractivity contribution in [1.82, 2.24) is 10.2 Å². The van der Waals surface area contributed by atoms with E-state index in [2.05, 4.69) is 15.4 Å². The highest BCUT2D eigenvalue weighted by atomic mass is 35.5. The maximum atomic E-state index is 15.5. The normalized spacial score (nSPS) is 17.9. The summed E-state index contributed by atoms with van der Waals surface area (Å²) in [5, 5.41) is 7.23. The maximum Gasteiger partial charge on any atom is 0.292 e. The number of amides is 2. The number of likely N-dealkylation sites (N-methyl/N-ethyl adjacent to an activating group) is 1. The van der Waals surface area contributed by atoms with Crippen LogP contribution in [-0.4, -0.2) is 49.9 Å². The number of nitrogens with one attached hydrogen (secondary N) is 2. The number of methoxy groups -OCH3 is 1. The van der Waals surface area contributed by atoms with Gasteiger partial charge in [-0.15, -0.1) is 0 Å². The number of anilines is 1. The smallest absolute Gasteiger partial charge is 0.292 e. The van der Waals surface area contributed by atoms with Gasteiger partial charge >= 0.3 is 0 Å². The van der Waals surface area contributed by atoms with E-state index in [0.29, 0.717) is 35.6 Å². The van der Waals surface area contributed by atoms with Crippen LogP contribution in [0.2, 0.25) is 10.0 Å². The zero-order valence-electron chi connectivity index (χ0n) is 25.3. The minimum atomic E-state index is -0.687. The summed E-state index contributed by atoms with van der Waals surface area (Å²) in [6.07, 6.45) is 11.2. The molecule has 2 aromatic carbocycles. The number of ether oxygens (including phenoxy) is 1. The predicted octanol–water partition coefficient (Wildman–Crippen LogP) is 7.59. The van der Waals surface area contributed by atoms with Gasteiger partial charge in [0.25, 0.3) is 6.47 Å². The Kier molecular flexibility index (Phi) is 13.7. The van der Waals surface area contributed by atoms with E-state index in [-0.39, 0.29) is 17.0 Å². The molecule has 0 aliphatic heterocycles. The molecule has 43 heavy (non-hydrogen) atoms. The highest BCUT2D eigenvalue weighted by Gasteiger charge is 2.43. The summed E-state index contributed by atoms with van der Waals surface area (Å²) in [5.74, 6) is -0.939. The van der Waals surface area contributed by atoms with E-state index in [1.807, 2.05) is 31.0 Å². The van der Waals surface area contributed by atoms with Gasteiger partial charge in [0, 0.05) is 35.3 Å². The summed E-state index contributed by atoms with van der Waals surface area (Å²) in [4.78, 5) is 36.8. The van der Waals surface area contributed by atoms with Crippen molar-refractivity contribution in [1.29, 1.82) is 0 Å². The number of carbonyl (C=O) groups excluding carboxylic acids is 3. The summed E-state index contributed by atoms with van der Waals surface area (Å²) in [6.45, 7) is 2.36. The summed E-state index contributed by atoms with van der Waals surface area (Å²) in [6, 6.07) is 10.0. The van der Waals surface area contributed by atoms with Crippen LogP contribution in [0.15, 0.2) is 36.4 Å². The molecule has 0 bridgehead atoms. The predicted molar refractivity (Wildman–Crippen MR) is 170 cm³/mol. The molecule has 2 amide bonds. The van der Waals surface area contributed by atoms with Gasteiger partial charge in [0.15, 0.2) is 0 Å². The fourth-order valence-electron chi connectivity index (χ4n) is 6.71. The molecule has 10 heteroatoms. The van der Waals surface area contributed by atoms with Crippen LogP contribution in [0, 0.1) is 5.82 Å². The number of rotatable bonds is 11. The van der Waals surface area contributed by atoms with E-state index in [4.69, 9.17) is 28.0 Å². The van der Waals surface area contributed by atoms with Crippen LogP contribution in [0.1, 0.15) is 94.6 Å². The second-order valence-corrected chi connectivity index (χ2v) is 12.3. The lowest BCUT2D eigenvalue weighted by Crippen LogP contribution is -2.58. The lowest BCUT2D eigenvalue weighted by molar-refractivity contribution is -0.136. The van der Waals surface area contributed by atoms with Gasteiger partial charge < -0.3 is 15.0 Å². The van der Waals surface area contributed by atoms with Crippen molar-refractivity contribution < 1.29 is 23.5 Å². The monoisotopic (exact) mass is 635 g/mol. The Labute approximate surface area is 264 Å². The molecule has 2 atom stereocenters. The number of hydrogen-bond acceptors (Lipinski definition) is 5. The van der Waals surface area contributed by atoms with Gasteiger partial charge in [0.05, 0.1) is 18.2 Å². The van der Waals surface area contributed by atoms with Crippen molar-refractivity contribution in [3.05, 3.63) is 63.4 Å². The van der Waals surface area contributed by atoms with E-state index in [1.54, 1.807) is 24.3 Å². The molecule has 4 rings (SSSR count). The molecule has 0 heterocycles. The molecular formula is C33H44Cl2FN3O4. The van der Waals surface area contributed by atoms with Gasteiger partial charge in [-0.1, -0.05) is 86.8 Å². The lowest BCUT2D eigenvalue weighted by Gasteiger charge is -2.45. The van der Waals surface area contributed by atoms with Gasteiger partial charge in [0.2, 0.25) is 12.3 Å². The van der Waals surface area contributed by atoms with Gasteiger partial charge in [-0.05, 0) is 61.4 Å². The van der Waals surface area contributed by atoms with E-state index < -0.39 is 23.3 Å². The fraction of sp³-hybridized carbons (Fsp3) is 0.545. The second-order valence-electron chi connectivity index (χ2n) is 11.4. The largest absolute Gasteiger partial charge is 0.471 e. The minimum Gasteiger partial charge on any atom is -0.471 e. The Morgan fingerprint density at radius 2 is 1.74 bits per heavy atom. The van der Waals surface area contributed by atoms with E-state index in [0.717, 1.165) is 63.4 Å². The zero-order valence-corrected chi connectivity index (χ0v) is 26.9. The van der Waals surface area contributed by atoms with Gasteiger partial charge in [-0.2, -0.15) is 0 Å². The van der Waals surface area contributed by atoms with Crippen molar-refractivity contribution >= 4 is 47.7 Å². The van der Waals surface area contributed by atoms with Crippen LogP contribution >= 0.6 is 23.2 Å². The topological polar surface area (TPSA) is 87.7 Å². The highest BCUT2D eigenvalue weighted by Crippen LogP contribution is 2.43. The van der Waals surface area contributed by atoms with Gasteiger partial charge in [-0.3, -0.25) is 19.7 Å². The number of nitrogens with zero attached hydrogens (tertiary/aromatic N) is 1. The fourth-order valence-corrected chi connectivity index (χ4v) is 7.06. The first-order valence-corrected chi connectivity index (χ1v) is 15.9. The third-order valence-corrected chi connectivity index (χ3v) is 9.43. The maximum absolute atomic E-state index is 15.5. The Hall–Kier alpha value is -2.68. The van der Waals surface area contributed by atoms with Crippen LogP contribution in [0.5, 0.6) is 0 Å². The van der Waals surface area contributed by atoms with E-state index >= 15 is 4.39 Å². The molecule has 7 nitrogen and oxygen atoms in total. The molecule has 2 fully saturated rings. The molecular weight excluding hydrogens is 592 g/mol. The zero-order chi connectivity index (χ0) is 31.4. The van der Waals surface area contributed by atoms with Crippen molar-refractivity contribution in [2.75, 3.05) is 19.5 Å². The van der Waals surface area contributed by atoms with Crippen LogP contribution in [0.3, 0.4) is 0 Å². The van der Waals surface area contributed by atoms with Gasteiger partial charge in [-0.25, -0.2) is 4.39 Å². The molecule has 0 unspecified atom stereocenters. The molecule has 0 aromatic heterocycles. The van der Waals surface area contributed by atoms with Crippen LogP contribution in [0.25, 0.3) is 0 Å². The van der Waals surface area contributed by atoms with Crippen molar-refractivity contribution in [3.8, 4) is 0 Å². The third-order valence-electron chi connectivity index (χ3n) is 8.91. The molecule has 0 radical (unpaired) electrons. The number of benzene rings is 2. The quantitative estimate of drug-likeness (QED) is 0.248. The molecule has 2 N–H and O–H groups in total. The molecule has 2 aliphatic carbocycles. The number of hydrogen-bond donors (Lipinski definition) is 2. The highest BCUT2D eigenvalue weighted by molar-refractivity contribution is 6.31. The molecule has 236 valence electrons. The first kappa shape index (κ1) is 34.8. The first-order valence-electron chi connectivity index (χ1n) is 15.2. The van der Waals surface area contributed by atoms with Crippen LogP contribution < -0.4 is 10.6 Å². The van der Waals surface area contributed by atoms with E-state index in [1.165, 1.54) is 13.5 Å². The summed E-state index contributed by atoms with van der Waals surface area (Å²) < 4.78 is 19.3. The second kappa shape index (κ2) is 17.0. The Balaban J connectivity index is 0.00000119. The SMILES string of the molecule is CC[C@@H](c1cccc(Cl)c1F)[C@@H](NC1(c2ccc(Cl)cc2NC=O)CCCCC1)C(=O)N(C)C1CCCCC1.COC=O. The Morgan fingerprint density at radius 3 is 2.35 bits per heavy atom. The lowest BCUT2D eigenvalue weighted by atomic mass is 9.74. The third kappa shape index (κ3) is 8.70. The minimum absolute atomic E-state index is 0.0306. The number of carbonyl (C=O) groups is 3. The van der Waals surface area contributed by atoms with Gasteiger partial charge in [0.1, 0.15) is 5.82 Å². The summed E-state index contributed by atoms with van der Waals surface area (Å²) >= 11 is 12.5. The Bertz CT molecular complexity index is 1220. The molecule has 0 saturated heterocycles. The van der Waals surface area contributed by atoms with Crippen LogP contribution in [0.4, 0.5) is 10.1 Å². The molecule has 0 spiro atoms. The molecule has 2 aliphatic rings. The summed E-state index contributed by atoms with van der Waals surface area (Å²) in [7, 11) is 3.20. The first-order chi connectivity index (χ1) is 20.7. The average molecular weight is 637 g/mol. The van der Waals surface area contributed by atoms with Crippen molar-refractivity contribution in [3.63, 3.8) is 0 Å². The summed E-state index contributed by atoms with van der Waals surface area (Å²) in [5.41, 5.74) is 1.38. The van der Waals surface area contributed by atoms with E-state index in [9.17, 15) is 9.59 Å². The number of halogens is 3. The standard InChI is InChI=1S/C31H40Cl2FN3O2.C2H4O2/c1-3-23(24-13-10-14-26(33)28(24)34)29(30(39)37(2)22-11-6-4-7-12-22)36-31(17-8-5-9-18-31)25-16-15-21(32)19-27(25)35-20-38;1-4-2-3/h10,13-16,19-20,22-23,29,36H,3-9,11-12,17-18H2,1-2H3,(H,35,38);2H,1H3/t23-,29+;/m0./s1.